The SMILES string of the molecule is N/C(=N/O)c1nccn1Cc1cc(F)cc(F)c1. The van der Waals surface area contributed by atoms with Crippen LogP contribution in [0.4, 0.5) is 8.78 Å². The average molecular weight is 252 g/mol. The van der Waals surface area contributed by atoms with Gasteiger partial charge in [0.25, 0.3) is 0 Å². The van der Waals surface area contributed by atoms with Crippen LogP contribution in [-0.2, 0) is 6.54 Å². The molecule has 0 aliphatic carbocycles. The molecule has 0 aliphatic rings. The molecule has 18 heavy (non-hydrogen) atoms. The van der Waals surface area contributed by atoms with Crippen molar-refractivity contribution in [2.45, 2.75) is 6.54 Å². The molecular weight excluding hydrogens is 242 g/mol. The number of nitrogens with two attached hydrogens (primary N) is 1. The third kappa shape index (κ3) is 2.45. The Labute approximate surface area is 101 Å². The highest BCUT2D eigenvalue weighted by atomic mass is 19.1. The molecule has 0 saturated carbocycles. The van der Waals surface area contributed by atoms with Crippen LogP contribution >= 0.6 is 0 Å². The fraction of sp³-hybridized carbons (Fsp3) is 0.0909. The molecule has 0 radical (unpaired) electrons. The zero-order chi connectivity index (χ0) is 13.1. The van der Waals surface area contributed by atoms with E-state index in [1.165, 1.54) is 22.9 Å². The number of amidine groups is 1. The minimum Gasteiger partial charge on any atom is -0.409 e. The summed E-state index contributed by atoms with van der Waals surface area (Å²) in [5.41, 5.74) is 5.84. The Bertz CT molecular complexity index is 574. The molecule has 3 N–H and O–H groups in total. The molecule has 0 atom stereocenters. The third-order valence-corrected chi connectivity index (χ3v) is 2.33. The first-order valence-electron chi connectivity index (χ1n) is 5.04. The summed E-state index contributed by atoms with van der Waals surface area (Å²) < 4.78 is 27.6. The lowest BCUT2D eigenvalue weighted by atomic mass is 10.2. The van der Waals surface area contributed by atoms with Gasteiger partial charge in [0.1, 0.15) is 11.6 Å². The van der Waals surface area contributed by atoms with Gasteiger partial charge in [-0.25, -0.2) is 13.8 Å². The molecule has 0 aliphatic heterocycles. The number of hydrogen-bond acceptors (Lipinski definition) is 3. The first-order valence-corrected chi connectivity index (χ1v) is 5.04. The molecule has 0 fully saturated rings. The van der Waals surface area contributed by atoms with Crippen LogP contribution < -0.4 is 5.73 Å². The van der Waals surface area contributed by atoms with Gasteiger partial charge in [0.05, 0.1) is 0 Å². The van der Waals surface area contributed by atoms with Crippen LogP contribution in [0.5, 0.6) is 0 Å². The minimum absolute atomic E-state index is 0.167. The second kappa shape index (κ2) is 4.82. The molecule has 0 saturated heterocycles. The summed E-state index contributed by atoms with van der Waals surface area (Å²) in [5, 5.41) is 11.4. The Morgan fingerprint density at radius 1 is 1.33 bits per heavy atom. The maximum atomic E-state index is 13.0. The van der Waals surface area contributed by atoms with E-state index in [-0.39, 0.29) is 18.2 Å². The molecule has 0 amide bonds. The summed E-state index contributed by atoms with van der Waals surface area (Å²) in [6.45, 7) is 0.167. The number of imidazole rings is 1. The maximum Gasteiger partial charge on any atom is 0.206 e. The van der Waals surface area contributed by atoms with Gasteiger partial charge >= 0.3 is 0 Å². The number of rotatable bonds is 3. The topological polar surface area (TPSA) is 76.4 Å². The third-order valence-electron chi connectivity index (χ3n) is 2.33. The van der Waals surface area contributed by atoms with Crippen molar-refractivity contribution in [2.24, 2.45) is 10.9 Å². The van der Waals surface area contributed by atoms with E-state index >= 15 is 0 Å². The Balaban J connectivity index is 2.32. The average Bonchev–Trinajstić information content (AvgIpc) is 2.74. The largest absolute Gasteiger partial charge is 0.409 e. The fourth-order valence-corrected chi connectivity index (χ4v) is 1.61. The van der Waals surface area contributed by atoms with Crippen LogP contribution in [0.15, 0.2) is 35.7 Å². The van der Waals surface area contributed by atoms with Gasteiger partial charge in [0, 0.05) is 25.0 Å². The summed E-state index contributed by atoms with van der Waals surface area (Å²) in [6, 6.07) is 3.21. The molecule has 0 bridgehead atoms. The number of aromatic nitrogens is 2. The van der Waals surface area contributed by atoms with Gasteiger partial charge in [-0.15, -0.1) is 0 Å². The Kier molecular flexibility index (Phi) is 3.22. The number of benzene rings is 1. The molecule has 94 valence electrons. The van der Waals surface area contributed by atoms with Crippen LogP contribution in [0, 0.1) is 11.6 Å². The smallest absolute Gasteiger partial charge is 0.206 e. The number of halogens is 2. The second-order valence-corrected chi connectivity index (χ2v) is 3.64. The monoisotopic (exact) mass is 252 g/mol. The predicted octanol–water partition coefficient (Wildman–Crippen LogP) is 1.30. The highest BCUT2D eigenvalue weighted by molar-refractivity contribution is 5.93. The summed E-state index contributed by atoms with van der Waals surface area (Å²) in [4.78, 5) is 3.89. The van der Waals surface area contributed by atoms with Gasteiger partial charge in [-0.2, -0.15) is 0 Å². The van der Waals surface area contributed by atoms with Crippen molar-refractivity contribution >= 4 is 5.84 Å². The van der Waals surface area contributed by atoms with E-state index in [2.05, 4.69) is 10.1 Å². The van der Waals surface area contributed by atoms with Gasteiger partial charge in [-0.05, 0) is 17.7 Å². The Morgan fingerprint density at radius 2 is 2.00 bits per heavy atom. The van der Waals surface area contributed by atoms with E-state index in [0.29, 0.717) is 5.56 Å². The van der Waals surface area contributed by atoms with Crippen molar-refractivity contribution in [1.29, 1.82) is 0 Å². The lowest BCUT2D eigenvalue weighted by Gasteiger charge is -2.07. The fourth-order valence-electron chi connectivity index (χ4n) is 1.61. The van der Waals surface area contributed by atoms with Crippen molar-refractivity contribution in [3.63, 3.8) is 0 Å². The first kappa shape index (κ1) is 12.0. The van der Waals surface area contributed by atoms with Gasteiger partial charge in [0.15, 0.2) is 5.82 Å². The molecule has 2 aromatic rings. The summed E-state index contributed by atoms with van der Waals surface area (Å²) in [7, 11) is 0. The van der Waals surface area contributed by atoms with Gasteiger partial charge < -0.3 is 15.5 Å². The zero-order valence-corrected chi connectivity index (χ0v) is 9.22. The molecule has 1 heterocycles. The first-order chi connectivity index (χ1) is 8.60. The maximum absolute atomic E-state index is 13.0. The molecule has 1 aromatic heterocycles. The molecular formula is C11H10F2N4O. The second-order valence-electron chi connectivity index (χ2n) is 3.64. The van der Waals surface area contributed by atoms with Gasteiger partial charge in [-0.3, -0.25) is 0 Å². The van der Waals surface area contributed by atoms with Crippen LogP contribution in [0.25, 0.3) is 0 Å². The quantitative estimate of drug-likeness (QED) is 0.374. The number of nitrogens with zero attached hydrogens (tertiary/aromatic N) is 3. The van der Waals surface area contributed by atoms with Crippen molar-refractivity contribution in [2.75, 3.05) is 0 Å². The molecule has 2 rings (SSSR count). The Hall–Kier alpha value is -2.44. The zero-order valence-electron chi connectivity index (χ0n) is 9.22. The van der Waals surface area contributed by atoms with Crippen LogP contribution in [-0.4, -0.2) is 20.6 Å². The van der Waals surface area contributed by atoms with E-state index in [9.17, 15) is 8.78 Å². The number of oxime groups is 1. The van der Waals surface area contributed by atoms with Crippen molar-refractivity contribution in [3.8, 4) is 0 Å². The van der Waals surface area contributed by atoms with Crippen LogP contribution in [0.3, 0.4) is 0 Å². The molecule has 0 spiro atoms. The molecule has 5 nitrogen and oxygen atoms in total. The highest BCUT2D eigenvalue weighted by Gasteiger charge is 2.09. The molecule has 0 unspecified atom stereocenters. The lowest BCUT2D eigenvalue weighted by molar-refractivity contribution is 0.318. The van der Waals surface area contributed by atoms with E-state index in [4.69, 9.17) is 10.9 Å². The highest BCUT2D eigenvalue weighted by Crippen LogP contribution is 2.10. The van der Waals surface area contributed by atoms with Crippen molar-refractivity contribution in [3.05, 3.63) is 53.6 Å². The van der Waals surface area contributed by atoms with Crippen LogP contribution in [0.1, 0.15) is 11.4 Å². The van der Waals surface area contributed by atoms with E-state index in [1.54, 1.807) is 6.20 Å². The van der Waals surface area contributed by atoms with Gasteiger partial charge in [-0.1, -0.05) is 5.16 Å². The van der Waals surface area contributed by atoms with E-state index < -0.39 is 11.6 Å². The van der Waals surface area contributed by atoms with Gasteiger partial charge in [0.2, 0.25) is 5.84 Å². The lowest BCUT2D eigenvalue weighted by Crippen LogP contribution is -2.19. The Morgan fingerprint density at radius 3 is 2.61 bits per heavy atom. The standard InChI is InChI=1S/C11H10F2N4O/c12-8-3-7(4-9(13)5-8)6-17-2-1-15-11(17)10(14)16-18/h1-5,18H,6H2,(H2,14,16). The van der Waals surface area contributed by atoms with E-state index in [0.717, 1.165) is 6.07 Å². The number of hydrogen-bond donors (Lipinski definition) is 2. The van der Waals surface area contributed by atoms with Crippen molar-refractivity contribution in [1.82, 2.24) is 9.55 Å². The summed E-state index contributed by atoms with van der Waals surface area (Å²) in [5.74, 6) is -1.26. The normalized spacial score (nSPS) is 11.8. The van der Waals surface area contributed by atoms with Crippen molar-refractivity contribution < 1.29 is 14.0 Å². The predicted molar refractivity (Wildman–Crippen MR) is 60.2 cm³/mol. The minimum atomic E-state index is -0.657. The summed E-state index contributed by atoms with van der Waals surface area (Å²) in [6.07, 6.45) is 3.01. The molecule has 7 heteroatoms. The van der Waals surface area contributed by atoms with Crippen LogP contribution in [0.2, 0.25) is 0 Å². The summed E-state index contributed by atoms with van der Waals surface area (Å²) >= 11 is 0. The molecule has 1 aromatic carbocycles. The van der Waals surface area contributed by atoms with E-state index in [1.807, 2.05) is 0 Å².